The Balaban J connectivity index is 2.56. The summed E-state index contributed by atoms with van der Waals surface area (Å²) in [4.78, 5) is 24.3. The van der Waals surface area contributed by atoms with Crippen molar-refractivity contribution in [1.29, 1.82) is 0 Å². The average molecular weight is 260 g/mol. The third kappa shape index (κ3) is 3.89. The van der Waals surface area contributed by atoms with E-state index in [1.165, 1.54) is 11.8 Å². The van der Waals surface area contributed by atoms with Gasteiger partial charge in [-0.1, -0.05) is 0 Å². The molecule has 3 N–H and O–H groups in total. The van der Waals surface area contributed by atoms with Crippen molar-refractivity contribution in [2.24, 2.45) is 5.73 Å². The lowest BCUT2D eigenvalue weighted by molar-refractivity contribution is -0.138. The average Bonchev–Trinajstić information content (AvgIpc) is 2.27. The monoisotopic (exact) mass is 260 g/mol. The predicted octanol–water partition coefficient (Wildman–Crippen LogP) is 0.532. The molecule has 1 aliphatic rings. The Labute approximate surface area is 106 Å². The predicted molar refractivity (Wildman–Crippen MR) is 68.0 cm³/mol. The highest BCUT2D eigenvalue weighted by molar-refractivity contribution is 8.02. The van der Waals surface area contributed by atoms with Crippen molar-refractivity contribution >= 4 is 23.6 Å². The molecule has 0 aromatic heterocycles. The second-order valence-corrected chi connectivity index (χ2v) is 6.66. The lowest BCUT2D eigenvalue weighted by atomic mass is 10.1. The van der Waals surface area contributed by atoms with Gasteiger partial charge in [0.1, 0.15) is 4.75 Å². The molecule has 5 nitrogen and oxygen atoms in total. The van der Waals surface area contributed by atoms with Gasteiger partial charge in [0.05, 0.1) is 6.54 Å². The number of thioether (sulfide) groups is 1. The Hall–Kier alpha value is -0.750. The maximum atomic E-state index is 11.5. The van der Waals surface area contributed by atoms with Crippen LogP contribution in [0.5, 0.6) is 0 Å². The van der Waals surface area contributed by atoms with Crippen LogP contribution in [0.2, 0.25) is 0 Å². The molecule has 0 bridgehead atoms. The summed E-state index contributed by atoms with van der Waals surface area (Å²) in [6, 6.07) is 0. The number of carbonyl (C=O) groups excluding carboxylic acids is 1. The van der Waals surface area contributed by atoms with Crippen LogP contribution in [0.3, 0.4) is 0 Å². The number of piperidine rings is 1. The second-order valence-electron chi connectivity index (χ2n) is 4.74. The van der Waals surface area contributed by atoms with Gasteiger partial charge in [-0.2, -0.15) is 0 Å². The summed E-state index contributed by atoms with van der Waals surface area (Å²) >= 11 is 1.43. The molecule has 17 heavy (non-hydrogen) atoms. The van der Waals surface area contributed by atoms with Crippen molar-refractivity contribution in [3.05, 3.63) is 0 Å². The van der Waals surface area contributed by atoms with Gasteiger partial charge in [0.2, 0.25) is 5.91 Å². The van der Waals surface area contributed by atoms with Gasteiger partial charge in [0, 0.05) is 18.3 Å². The second kappa shape index (κ2) is 5.73. The number of nitrogens with two attached hydrogens (primary N) is 1. The summed E-state index contributed by atoms with van der Waals surface area (Å²) < 4.78 is -0.806. The maximum Gasteiger partial charge on any atom is 0.319 e. The Morgan fingerprint density at radius 3 is 2.71 bits per heavy atom. The molecule has 1 atom stereocenters. The molecule has 1 fully saturated rings. The first-order chi connectivity index (χ1) is 7.86. The number of carbonyl (C=O) groups is 2. The number of carboxylic acid groups (broad SMARTS) is 1. The highest BCUT2D eigenvalue weighted by atomic mass is 32.2. The summed E-state index contributed by atoms with van der Waals surface area (Å²) in [5.41, 5.74) is 5.33. The van der Waals surface area contributed by atoms with Crippen LogP contribution in [0.25, 0.3) is 0 Å². The van der Waals surface area contributed by atoms with E-state index in [0.717, 1.165) is 19.4 Å². The standard InChI is InChI=1S/C11H20N2O3S/c1-11(2,10(15)16)17-8-4-3-5-13(7-8)9(14)6-12/h8H,3-7,12H2,1-2H3,(H,15,16). The van der Waals surface area contributed by atoms with Crippen LogP contribution in [0.4, 0.5) is 0 Å². The molecule has 0 saturated carbocycles. The lowest BCUT2D eigenvalue weighted by Gasteiger charge is -2.35. The largest absolute Gasteiger partial charge is 0.480 e. The molecule has 0 aliphatic carbocycles. The number of nitrogens with zero attached hydrogens (tertiary/aromatic N) is 1. The van der Waals surface area contributed by atoms with Gasteiger partial charge in [0.15, 0.2) is 0 Å². The molecule has 1 rings (SSSR count). The SMILES string of the molecule is CC(C)(SC1CCCN(C(=O)CN)C1)C(=O)O. The summed E-state index contributed by atoms with van der Waals surface area (Å²) in [5, 5.41) is 9.26. The van der Waals surface area contributed by atoms with Crippen LogP contribution in [-0.2, 0) is 9.59 Å². The minimum atomic E-state index is -0.815. The molecule has 98 valence electrons. The number of aliphatic carboxylic acids is 1. The summed E-state index contributed by atoms with van der Waals surface area (Å²) in [7, 11) is 0. The minimum Gasteiger partial charge on any atom is -0.480 e. The first-order valence-electron chi connectivity index (χ1n) is 5.76. The van der Waals surface area contributed by atoms with Gasteiger partial charge in [-0.3, -0.25) is 9.59 Å². The van der Waals surface area contributed by atoms with Gasteiger partial charge in [-0.25, -0.2) is 0 Å². The Bertz CT molecular complexity index is 307. The zero-order valence-electron chi connectivity index (χ0n) is 10.3. The molecule has 0 radical (unpaired) electrons. The van der Waals surface area contributed by atoms with Crippen LogP contribution in [0.1, 0.15) is 26.7 Å². The molecule has 6 heteroatoms. The van der Waals surface area contributed by atoms with Crippen LogP contribution in [0.15, 0.2) is 0 Å². The van der Waals surface area contributed by atoms with Crippen molar-refractivity contribution in [3.63, 3.8) is 0 Å². The van der Waals surface area contributed by atoms with E-state index >= 15 is 0 Å². The first-order valence-corrected chi connectivity index (χ1v) is 6.64. The molecule has 1 unspecified atom stereocenters. The van der Waals surface area contributed by atoms with Gasteiger partial charge in [-0.15, -0.1) is 11.8 Å². The summed E-state index contributed by atoms with van der Waals surface area (Å²) in [6.07, 6.45) is 1.87. The molecule has 1 aliphatic heterocycles. The molecule has 1 heterocycles. The molecular formula is C11H20N2O3S. The molecular weight excluding hydrogens is 240 g/mol. The lowest BCUT2D eigenvalue weighted by Crippen LogP contribution is -2.45. The summed E-state index contributed by atoms with van der Waals surface area (Å²) in [6.45, 7) is 4.77. The highest BCUT2D eigenvalue weighted by Gasteiger charge is 2.34. The Morgan fingerprint density at radius 1 is 1.53 bits per heavy atom. The topological polar surface area (TPSA) is 83.6 Å². The van der Waals surface area contributed by atoms with E-state index in [-0.39, 0.29) is 17.7 Å². The molecule has 0 aromatic carbocycles. The fraction of sp³-hybridized carbons (Fsp3) is 0.818. The fourth-order valence-electron chi connectivity index (χ4n) is 1.86. The van der Waals surface area contributed by atoms with Crippen LogP contribution >= 0.6 is 11.8 Å². The molecule has 0 spiro atoms. The normalized spacial score (nSPS) is 21.4. The van der Waals surface area contributed by atoms with Crippen molar-refractivity contribution < 1.29 is 14.7 Å². The number of hydrogen-bond acceptors (Lipinski definition) is 4. The van der Waals surface area contributed by atoms with Crippen LogP contribution in [0, 0.1) is 0 Å². The van der Waals surface area contributed by atoms with E-state index in [1.54, 1.807) is 18.7 Å². The van der Waals surface area contributed by atoms with E-state index in [9.17, 15) is 9.59 Å². The zero-order chi connectivity index (χ0) is 13.1. The van der Waals surface area contributed by atoms with E-state index in [0.29, 0.717) is 6.54 Å². The third-order valence-corrected chi connectivity index (χ3v) is 4.36. The van der Waals surface area contributed by atoms with Crippen molar-refractivity contribution in [2.45, 2.75) is 36.7 Å². The number of carboxylic acids is 1. The number of likely N-dealkylation sites (tertiary alicyclic amines) is 1. The fourth-order valence-corrected chi connectivity index (χ4v) is 3.33. The molecule has 1 amide bonds. The van der Waals surface area contributed by atoms with Crippen LogP contribution in [-0.4, -0.2) is 51.5 Å². The molecule has 1 saturated heterocycles. The van der Waals surface area contributed by atoms with E-state index in [2.05, 4.69) is 0 Å². The Morgan fingerprint density at radius 2 is 2.18 bits per heavy atom. The minimum absolute atomic E-state index is 0.0275. The third-order valence-electron chi connectivity index (χ3n) is 2.88. The van der Waals surface area contributed by atoms with E-state index in [4.69, 9.17) is 10.8 Å². The maximum absolute atomic E-state index is 11.5. The summed E-state index contributed by atoms with van der Waals surface area (Å²) in [5.74, 6) is -0.867. The van der Waals surface area contributed by atoms with Crippen molar-refractivity contribution in [2.75, 3.05) is 19.6 Å². The zero-order valence-corrected chi connectivity index (χ0v) is 11.1. The first kappa shape index (κ1) is 14.3. The van der Waals surface area contributed by atoms with Crippen LogP contribution < -0.4 is 5.73 Å². The highest BCUT2D eigenvalue weighted by Crippen LogP contribution is 2.33. The Kier molecular flexibility index (Phi) is 4.82. The number of rotatable bonds is 4. The number of hydrogen-bond donors (Lipinski definition) is 2. The van der Waals surface area contributed by atoms with Crippen molar-refractivity contribution in [3.8, 4) is 0 Å². The smallest absolute Gasteiger partial charge is 0.319 e. The molecule has 0 aromatic rings. The van der Waals surface area contributed by atoms with Gasteiger partial charge in [-0.05, 0) is 26.7 Å². The quantitative estimate of drug-likeness (QED) is 0.770. The van der Waals surface area contributed by atoms with Crippen molar-refractivity contribution in [1.82, 2.24) is 4.90 Å². The van der Waals surface area contributed by atoms with E-state index in [1.807, 2.05) is 0 Å². The van der Waals surface area contributed by atoms with Gasteiger partial charge < -0.3 is 15.7 Å². The number of amides is 1. The van der Waals surface area contributed by atoms with Gasteiger partial charge in [0.25, 0.3) is 0 Å². The van der Waals surface area contributed by atoms with E-state index < -0.39 is 10.7 Å². The van der Waals surface area contributed by atoms with Gasteiger partial charge >= 0.3 is 5.97 Å².